The van der Waals surface area contributed by atoms with Gasteiger partial charge >= 0.3 is 0 Å². The van der Waals surface area contributed by atoms with Crippen molar-refractivity contribution in [2.75, 3.05) is 5.73 Å². The quantitative estimate of drug-likeness (QED) is 0.530. The number of ketones is 1. The van der Waals surface area contributed by atoms with Gasteiger partial charge in [0, 0.05) is 15.7 Å². The molecule has 0 aliphatic rings. The van der Waals surface area contributed by atoms with Crippen molar-refractivity contribution in [2.45, 2.75) is 0 Å². The fourth-order valence-corrected chi connectivity index (χ4v) is 1.93. The molecule has 0 aromatic heterocycles. The predicted octanol–water partition coefficient (Wildman–Crippen LogP) is 3.93. The number of benzene rings is 2. The molecule has 2 aromatic carbocycles. The highest BCUT2D eigenvalue weighted by atomic mass is 79.9. The van der Waals surface area contributed by atoms with Gasteiger partial charge in [-0.2, -0.15) is 0 Å². The van der Waals surface area contributed by atoms with Gasteiger partial charge in [-0.1, -0.05) is 46.3 Å². The summed E-state index contributed by atoms with van der Waals surface area (Å²) in [5.74, 6) is -0.0324. The van der Waals surface area contributed by atoms with Gasteiger partial charge in [-0.25, -0.2) is 0 Å². The summed E-state index contributed by atoms with van der Waals surface area (Å²) in [4.78, 5) is 11.9. The van der Waals surface area contributed by atoms with E-state index in [0.717, 1.165) is 10.0 Å². The normalized spacial score (nSPS) is 10.7. The highest BCUT2D eigenvalue weighted by Gasteiger charge is 2.01. The van der Waals surface area contributed by atoms with E-state index in [4.69, 9.17) is 5.73 Å². The second kappa shape index (κ2) is 5.65. The summed E-state index contributed by atoms with van der Waals surface area (Å²) < 4.78 is 0.934. The third kappa shape index (κ3) is 3.08. The molecule has 2 nitrogen and oxygen atoms in total. The smallest absolute Gasteiger partial charge is 0.185 e. The standard InChI is InChI=1S/C15H12BrNO/c16-13-7-8-14(17)12(10-13)6-9-15(18)11-4-2-1-3-5-11/h1-10H,17H2. The maximum atomic E-state index is 11.9. The molecule has 0 radical (unpaired) electrons. The minimum atomic E-state index is -0.0324. The van der Waals surface area contributed by atoms with Crippen molar-refractivity contribution in [3.63, 3.8) is 0 Å². The zero-order valence-electron chi connectivity index (χ0n) is 9.64. The van der Waals surface area contributed by atoms with E-state index in [1.807, 2.05) is 30.3 Å². The summed E-state index contributed by atoms with van der Waals surface area (Å²) in [6.07, 6.45) is 3.27. The van der Waals surface area contributed by atoms with Crippen molar-refractivity contribution >= 4 is 33.5 Å². The topological polar surface area (TPSA) is 43.1 Å². The molecule has 0 atom stereocenters. The van der Waals surface area contributed by atoms with E-state index in [2.05, 4.69) is 15.9 Å². The van der Waals surface area contributed by atoms with E-state index in [1.165, 1.54) is 6.08 Å². The van der Waals surface area contributed by atoms with Gasteiger partial charge in [0.15, 0.2) is 5.78 Å². The van der Waals surface area contributed by atoms with Crippen LogP contribution < -0.4 is 5.73 Å². The molecule has 0 aliphatic carbocycles. The van der Waals surface area contributed by atoms with Crippen LogP contribution in [0.1, 0.15) is 15.9 Å². The summed E-state index contributed by atoms with van der Waals surface area (Å²) >= 11 is 3.37. The fraction of sp³-hybridized carbons (Fsp3) is 0. The second-order valence-corrected chi connectivity index (χ2v) is 4.75. The minimum absolute atomic E-state index is 0.0324. The van der Waals surface area contributed by atoms with Crippen LogP contribution in [-0.2, 0) is 0 Å². The van der Waals surface area contributed by atoms with E-state index >= 15 is 0 Å². The first kappa shape index (κ1) is 12.6. The summed E-state index contributed by atoms with van der Waals surface area (Å²) in [7, 11) is 0. The van der Waals surface area contributed by atoms with Crippen molar-refractivity contribution in [3.05, 3.63) is 70.2 Å². The van der Waals surface area contributed by atoms with Crippen molar-refractivity contribution in [2.24, 2.45) is 0 Å². The van der Waals surface area contributed by atoms with Crippen molar-refractivity contribution < 1.29 is 4.79 Å². The Morgan fingerprint density at radius 2 is 1.83 bits per heavy atom. The Morgan fingerprint density at radius 3 is 2.56 bits per heavy atom. The lowest BCUT2D eigenvalue weighted by Gasteiger charge is -2.00. The van der Waals surface area contributed by atoms with E-state index < -0.39 is 0 Å². The summed E-state index contributed by atoms with van der Waals surface area (Å²) in [5, 5.41) is 0. The highest BCUT2D eigenvalue weighted by molar-refractivity contribution is 9.10. The number of hydrogen-bond donors (Lipinski definition) is 1. The predicted molar refractivity (Wildman–Crippen MR) is 78.4 cm³/mol. The second-order valence-electron chi connectivity index (χ2n) is 3.84. The van der Waals surface area contributed by atoms with Gasteiger partial charge in [-0.15, -0.1) is 0 Å². The number of nitrogens with two attached hydrogens (primary N) is 1. The number of hydrogen-bond acceptors (Lipinski definition) is 2. The number of nitrogen functional groups attached to an aromatic ring is 1. The Bertz CT molecular complexity index is 591. The molecular formula is C15H12BrNO. The lowest BCUT2D eigenvalue weighted by Crippen LogP contribution is -1.94. The highest BCUT2D eigenvalue weighted by Crippen LogP contribution is 2.19. The van der Waals surface area contributed by atoms with Crippen LogP contribution in [0.3, 0.4) is 0 Å². The third-order valence-electron chi connectivity index (χ3n) is 2.52. The molecule has 2 N–H and O–H groups in total. The molecule has 0 unspecified atom stereocenters. The third-order valence-corrected chi connectivity index (χ3v) is 3.01. The monoisotopic (exact) mass is 301 g/mol. The van der Waals surface area contributed by atoms with Gasteiger partial charge in [-0.05, 0) is 35.9 Å². The van der Waals surface area contributed by atoms with E-state index in [0.29, 0.717) is 11.3 Å². The van der Waals surface area contributed by atoms with E-state index in [1.54, 1.807) is 24.3 Å². The lowest BCUT2D eigenvalue weighted by molar-refractivity contribution is 0.104. The molecule has 0 saturated carbocycles. The van der Waals surface area contributed by atoms with Crippen LogP contribution in [0.15, 0.2) is 59.1 Å². The van der Waals surface area contributed by atoms with E-state index in [-0.39, 0.29) is 5.78 Å². The maximum absolute atomic E-state index is 11.9. The number of allylic oxidation sites excluding steroid dienone is 1. The van der Waals surface area contributed by atoms with E-state index in [9.17, 15) is 4.79 Å². The van der Waals surface area contributed by atoms with Gasteiger partial charge < -0.3 is 5.73 Å². The van der Waals surface area contributed by atoms with Gasteiger partial charge in [0.25, 0.3) is 0 Å². The van der Waals surface area contributed by atoms with Gasteiger partial charge in [-0.3, -0.25) is 4.79 Å². The zero-order valence-corrected chi connectivity index (χ0v) is 11.2. The molecule has 0 amide bonds. The molecule has 0 bridgehead atoms. The first-order valence-corrected chi connectivity index (χ1v) is 6.28. The van der Waals surface area contributed by atoms with Gasteiger partial charge in [0.05, 0.1) is 0 Å². The molecule has 0 aliphatic heterocycles. The molecule has 3 heteroatoms. The number of anilines is 1. The van der Waals surface area contributed by atoms with Crippen molar-refractivity contribution in [1.29, 1.82) is 0 Å². The fourth-order valence-electron chi connectivity index (χ4n) is 1.55. The number of halogens is 1. The molecule has 18 heavy (non-hydrogen) atoms. The summed E-state index contributed by atoms with van der Waals surface area (Å²) in [6.45, 7) is 0. The SMILES string of the molecule is Nc1ccc(Br)cc1C=CC(=O)c1ccccc1. The van der Waals surface area contributed by atoms with Gasteiger partial charge in [0.1, 0.15) is 0 Å². The Balaban J connectivity index is 2.21. The Morgan fingerprint density at radius 1 is 1.11 bits per heavy atom. The molecule has 0 heterocycles. The number of carbonyl (C=O) groups is 1. The molecule has 0 saturated heterocycles. The lowest BCUT2D eigenvalue weighted by atomic mass is 10.1. The largest absolute Gasteiger partial charge is 0.398 e. The van der Waals surface area contributed by atoms with Crippen LogP contribution in [-0.4, -0.2) is 5.78 Å². The number of rotatable bonds is 3. The summed E-state index contributed by atoms with van der Waals surface area (Å²) in [6, 6.07) is 14.7. The zero-order chi connectivity index (χ0) is 13.0. The molecule has 2 aromatic rings. The molecular weight excluding hydrogens is 290 g/mol. The van der Waals surface area contributed by atoms with Crippen molar-refractivity contribution in [3.8, 4) is 0 Å². The molecule has 0 spiro atoms. The van der Waals surface area contributed by atoms with Crippen LogP contribution >= 0.6 is 15.9 Å². The van der Waals surface area contributed by atoms with Crippen LogP contribution in [0, 0.1) is 0 Å². The summed E-state index contributed by atoms with van der Waals surface area (Å²) in [5.41, 5.74) is 7.98. The van der Waals surface area contributed by atoms with Crippen LogP contribution in [0.5, 0.6) is 0 Å². The molecule has 2 rings (SSSR count). The first-order valence-electron chi connectivity index (χ1n) is 5.49. The van der Waals surface area contributed by atoms with Gasteiger partial charge in [0.2, 0.25) is 0 Å². The van der Waals surface area contributed by atoms with Crippen LogP contribution in [0.2, 0.25) is 0 Å². The average molecular weight is 302 g/mol. The number of carbonyl (C=O) groups excluding carboxylic acids is 1. The molecule has 90 valence electrons. The first-order chi connectivity index (χ1) is 8.66. The van der Waals surface area contributed by atoms with Crippen molar-refractivity contribution in [1.82, 2.24) is 0 Å². The Kier molecular flexibility index (Phi) is 3.95. The Labute approximate surface area is 114 Å². The van der Waals surface area contributed by atoms with Crippen LogP contribution in [0.4, 0.5) is 5.69 Å². The Hall–Kier alpha value is -1.87. The maximum Gasteiger partial charge on any atom is 0.185 e. The average Bonchev–Trinajstić information content (AvgIpc) is 2.40. The molecule has 0 fully saturated rings. The minimum Gasteiger partial charge on any atom is -0.398 e. The van der Waals surface area contributed by atoms with Crippen LogP contribution in [0.25, 0.3) is 6.08 Å².